The maximum atomic E-state index is 13.0. The lowest BCUT2D eigenvalue weighted by Crippen LogP contribution is -2.35. The molecule has 1 amide bonds. The molecule has 0 aliphatic carbocycles. The fourth-order valence-electron chi connectivity index (χ4n) is 3.94. The third-order valence-electron chi connectivity index (χ3n) is 5.68. The number of anilines is 1. The maximum absolute atomic E-state index is 13.0. The molecule has 3 heterocycles. The second kappa shape index (κ2) is 10.0. The van der Waals surface area contributed by atoms with Crippen molar-refractivity contribution in [2.45, 2.75) is 6.42 Å². The van der Waals surface area contributed by atoms with Crippen molar-refractivity contribution in [2.24, 2.45) is 0 Å². The zero-order valence-electron chi connectivity index (χ0n) is 18.3. The molecule has 1 aliphatic heterocycles. The van der Waals surface area contributed by atoms with Crippen molar-refractivity contribution in [3.63, 3.8) is 0 Å². The minimum Gasteiger partial charge on any atom is -0.378 e. The van der Waals surface area contributed by atoms with Crippen molar-refractivity contribution < 1.29 is 9.53 Å². The summed E-state index contributed by atoms with van der Waals surface area (Å²) in [4.78, 5) is 16.0. The fourth-order valence-corrected chi connectivity index (χ4v) is 5.09. The molecule has 168 valence electrons. The number of rotatable bonds is 7. The zero-order valence-corrected chi connectivity index (χ0v) is 19.1. The van der Waals surface area contributed by atoms with E-state index in [1.807, 2.05) is 71.7 Å². The number of hydrogen-bond acceptors (Lipinski definition) is 5. The van der Waals surface area contributed by atoms with Gasteiger partial charge in [0.05, 0.1) is 35.0 Å². The summed E-state index contributed by atoms with van der Waals surface area (Å²) in [7, 11) is 0. The van der Waals surface area contributed by atoms with Crippen LogP contribution >= 0.6 is 11.3 Å². The zero-order chi connectivity index (χ0) is 22.5. The topological polar surface area (TPSA) is 59.4 Å². The second-order valence-corrected chi connectivity index (χ2v) is 8.96. The van der Waals surface area contributed by atoms with Crippen molar-refractivity contribution in [3.05, 3.63) is 89.6 Å². The highest BCUT2D eigenvalue weighted by Gasteiger charge is 2.21. The minimum absolute atomic E-state index is 0.0351. The molecule has 0 radical (unpaired) electrons. The number of ether oxygens (including phenoxy) is 1. The summed E-state index contributed by atoms with van der Waals surface area (Å²) in [6.07, 6.45) is 4.59. The number of hydrogen-bond donors (Lipinski definition) is 1. The van der Waals surface area contributed by atoms with Crippen LogP contribution in [0.3, 0.4) is 0 Å². The van der Waals surface area contributed by atoms with E-state index in [0.29, 0.717) is 19.8 Å². The molecular formula is C26H26N4O2S. The lowest BCUT2D eigenvalue weighted by atomic mass is 10.1. The SMILES string of the molecule is O=C(NCCc1cnn(-c2ccccc2)c1)c1cc(-c2ccccc2)c(N2CCOCC2)s1. The van der Waals surface area contributed by atoms with Crippen LogP contribution in [0.1, 0.15) is 15.2 Å². The maximum Gasteiger partial charge on any atom is 0.261 e. The number of morpholine rings is 1. The number of para-hydroxylation sites is 1. The molecule has 4 aromatic rings. The van der Waals surface area contributed by atoms with Gasteiger partial charge in [-0.05, 0) is 35.7 Å². The standard InChI is InChI=1S/C26H26N4O2S/c31-25(27-12-11-20-18-28-30(19-20)22-9-5-2-6-10-22)24-17-23(21-7-3-1-4-8-21)26(33-24)29-13-15-32-16-14-29/h1-10,17-19H,11-16H2,(H,27,31). The summed E-state index contributed by atoms with van der Waals surface area (Å²) in [6, 6.07) is 22.3. The van der Waals surface area contributed by atoms with Crippen molar-refractivity contribution >= 4 is 22.2 Å². The van der Waals surface area contributed by atoms with Crippen molar-refractivity contribution in [1.29, 1.82) is 0 Å². The molecule has 0 atom stereocenters. The van der Waals surface area contributed by atoms with Crippen LogP contribution in [0.25, 0.3) is 16.8 Å². The molecule has 1 fully saturated rings. The molecule has 2 aromatic carbocycles. The Morgan fingerprint density at radius 3 is 2.52 bits per heavy atom. The van der Waals surface area contributed by atoms with E-state index in [0.717, 1.165) is 51.8 Å². The second-order valence-electron chi connectivity index (χ2n) is 7.93. The highest BCUT2D eigenvalue weighted by Crippen LogP contribution is 2.39. The van der Waals surface area contributed by atoms with Crippen LogP contribution in [-0.2, 0) is 11.2 Å². The Hall–Kier alpha value is -3.42. The van der Waals surface area contributed by atoms with E-state index in [1.54, 1.807) is 11.3 Å². The van der Waals surface area contributed by atoms with Crippen LogP contribution in [0.15, 0.2) is 79.1 Å². The van der Waals surface area contributed by atoms with Crippen molar-refractivity contribution in [2.75, 3.05) is 37.7 Å². The first-order valence-corrected chi connectivity index (χ1v) is 12.0. The predicted molar refractivity (Wildman–Crippen MR) is 132 cm³/mol. The summed E-state index contributed by atoms with van der Waals surface area (Å²) in [5.41, 5.74) is 4.35. The molecule has 6 nitrogen and oxygen atoms in total. The first kappa shape index (κ1) is 21.4. The summed E-state index contributed by atoms with van der Waals surface area (Å²) < 4.78 is 7.38. The number of benzene rings is 2. The van der Waals surface area contributed by atoms with E-state index in [9.17, 15) is 4.79 Å². The number of amides is 1. The van der Waals surface area contributed by atoms with E-state index in [2.05, 4.69) is 27.4 Å². The number of carbonyl (C=O) groups excluding carboxylic acids is 1. The van der Waals surface area contributed by atoms with Crippen LogP contribution < -0.4 is 10.2 Å². The molecule has 0 saturated carbocycles. The molecule has 0 unspecified atom stereocenters. The van der Waals surface area contributed by atoms with Gasteiger partial charge in [-0.25, -0.2) is 4.68 Å². The van der Waals surface area contributed by atoms with E-state index in [-0.39, 0.29) is 5.91 Å². The molecule has 2 aromatic heterocycles. The first-order chi connectivity index (χ1) is 16.3. The van der Waals surface area contributed by atoms with Crippen LogP contribution in [0, 0.1) is 0 Å². The molecule has 1 saturated heterocycles. The van der Waals surface area contributed by atoms with Gasteiger partial charge in [0.25, 0.3) is 5.91 Å². The molecule has 33 heavy (non-hydrogen) atoms. The normalized spacial score (nSPS) is 13.8. The van der Waals surface area contributed by atoms with Crippen molar-refractivity contribution in [3.8, 4) is 16.8 Å². The molecule has 1 aliphatic rings. The molecule has 5 rings (SSSR count). The summed E-state index contributed by atoms with van der Waals surface area (Å²) >= 11 is 1.56. The smallest absolute Gasteiger partial charge is 0.261 e. The van der Waals surface area contributed by atoms with Gasteiger partial charge >= 0.3 is 0 Å². The average molecular weight is 459 g/mol. The number of nitrogens with zero attached hydrogens (tertiary/aromatic N) is 3. The molecular weight excluding hydrogens is 432 g/mol. The Labute approximate surface area is 197 Å². The summed E-state index contributed by atoms with van der Waals surface area (Å²) in [6.45, 7) is 3.67. The lowest BCUT2D eigenvalue weighted by Gasteiger charge is -2.28. The van der Waals surface area contributed by atoms with Crippen molar-refractivity contribution in [1.82, 2.24) is 15.1 Å². The first-order valence-electron chi connectivity index (χ1n) is 11.2. The summed E-state index contributed by atoms with van der Waals surface area (Å²) in [5.74, 6) is -0.0351. The van der Waals surface area contributed by atoms with Gasteiger partial charge in [-0.15, -0.1) is 11.3 Å². The Bertz CT molecular complexity index is 1200. The fraction of sp³-hybridized carbons (Fsp3) is 0.231. The van der Waals surface area contributed by atoms with E-state index < -0.39 is 0 Å². The molecule has 1 N–H and O–H groups in total. The Kier molecular flexibility index (Phi) is 6.51. The monoisotopic (exact) mass is 458 g/mol. The van der Waals surface area contributed by atoms with Gasteiger partial charge in [0.15, 0.2) is 0 Å². The molecule has 0 bridgehead atoms. The number of carbonyl (C=O) groups is 1. The highest BCUT2D eigenvalue weighted by molar-refractivity contribution is 7.18. The highest BCUT2D eigenvalue weighted by atomic mass is 32.1. The van der Waals surface area contributed by atoms with E-state index in [4.69, 9.17) is 4.74 Å². The predicted octanol–water partition coefficient (Wildman–Crippen LogP) is 4.41. The Balaban J connectivity index is 1.27. The number of nitrogens with one attached hydrogen (secondary N) is 1. The van der Waals surface area contributed by atoms with Gasteiger partial charge in [0.2, 0.25) is 0 Å². The van der Waals surface area contributed by atoms with Gasteiger partial charge in [-0.1, -0.05) is 48.5 Å². The van der Waals surface area contributed by atoms with Gasteiger partial charge in [-0.2, -0.15) is 5.10 Å². The van der Waals surface area contributed by atoms with Gasteiger partial charge in [0.1, 0.15) is 0 Å². The average Bonchev–Trinajstić information content (AvgIpc) is 3.54. The lowest BCUT2D eigenvalue weighted by molar-refractivity contribution is 0.0958. The van der Waals surface area contributed by atoms with Gasteiger partial charge < -0.3 is 15.0 Å². The van der Waals surface area contributed by atoms with Crippen LogP contribution in [0.4, 0.5) is 5.00 Å². The molecule has 0 spiro atoms. The van der Waals surface area contributed by atoms with Crippen LogP contribution in [-0.4, -0.2) is 48.5 Å². The Morgan fingerprint density at radius 2 is 1.76 bits per heavy atom. The summed E-state index contributed by atoms with van der Waals surface area (Å²) in [5, 5.41) is 8.65. The number of thiophene rings is 1. The molecule has 7 heteroatoms. The quantitative estimate of drug-likeness (QED) is 0.446. The van der Waals surface area contributed by atoms with Crippen LogP contribution in [0.5, 0.6) is 0 Å². The third-order valence-corrected chi connectivity index (χ3v) is 6.87. The largest absolute Gasteiger partial charge is 0.378 e. The number of aromatic nitrogens is 2. The Morgan fingerprint density at radius 1 is 1.03 bits per heavy atom. The van der Waals surface area contributed by atoms with Gasteiger partial charge in [-0.3, -0.25) is 4.79 Å². The third kappa shape index (κ3) is 4.99. The van der Waals surface area contributed by atoms with E-state index >= 15 is 0 Å². The van der Waals surface area contributed by atoms with Gasteiger partial charge in [0, 0.05) is 31.4 Å². The minimum atomic E-state index is -0.0351. The van der Waals surface area contributed by atoms with E-state index in [1.165, 1.54) is 0 Å². The van der Waals surface area contributed by atoms with Crippen LogP contribution in [0.2, 0.25) is 0 Å².